The molecule has 92 valence electrons. The van der Waals surface area contributed by atoms with Crippen LogP contribution in [0, 0.1) is 5.92 Å². The Morgan fingerprint density at radius 2 is 2.06 bits per heavy atom. The third kappa shape index (κ3) is 3.84. The van der Waals surface area contributed by atoms with Gasteiger partial charge in [-0.2, -0.15) is 0 Å². The summed E-state index contributed by atoms with van der Waals surface area (Å²) in [5.74, 6) is 0.667. The van der Waals surface area contributed by atoms with E-state index in [1.165, 1.54) is 38.5 Å². The Kier molecular flexibility index (Phi) is 4.54. The van der Waals surface area contributed by atoms with Gasteiger partial charge in [-0.3, -0.25) is 9.78 Å². The van der Waals surface area contributed by atoms with Crippen molar-refractivity contribution < 1.29 is 4.79 Å². The van der Waals surface area contributed by atoms with Gasteiger partial charge >= 0.3 is 0 Å². The third-order valence-corrected chi connectivity index (χ3v) is 3.45. The summed E-state index contributed by atoms with van der Waals surface area (Å²) in [6, 6.07) is 3.59. The fraction of sp³-hybridized carbons (Fsp3) is 0.571. The maximum Gasteiger partial charge on any atom is 0.252 e. The van der Waals surface area contributed by atoms with Crippen molar-refractivity contribution in [1.29, 1.82) is 0 Å². The largest absolute Gasteiger partial charge is 0.352 e. The van der Waals surface area contributed by atoms with Crippen LogP contribution >= 0.6 is 0 Å². The third-order valence-electron chi connectivity index (χ3n) is 3.45. The van der Waals surface area contributed by atoms with Crippen LogP contribution in [0.3, 0.4) is 0 Å². The van der Waals surface area contributed by atoms with Gasteiger partial charge in [0, 0.05) is 18.9 Å². The van der Waals surface area contributed by atoms with Crippen molar-refractivity contribution in [2.75, 3.05) is 6.54 Å². The number of hydrogen-bond acceptors (Lipinski definition) is 2. The Morgan fingerprint density at radius 1 is 1.29 bits per heavy atom. The van der Waals surface area contributed by atoms with Gasteiger partial charge in [0.15, 0.2) is 0 Å². The Hall–Kier alpha value is -1.38. The molecule has 1 amide bonds. The lowest BCUT2D eigenvalue weighted by atomic mass is 10.0. The van der Waals surface area contributed by atoms with E-state index in [0.717, 1.165) is 6.54 Å². The molecule has 1 aromatic rings. The second-order valence-electron chi connectivity index (χ2n) is 4.81. The second kappa shape index (κ2) is 6.38. The number of carbonyl (C=O) groups is 1. The first-order valence-electron chi connectivity index (χ1n) is 6.54. The molecule has 0 atom stereocenters. The minimum absolute atomic E-state index is 0.00217. The molecule has 17 heavy (non-hydrogen) atoms. The zero-order valence-electron chi connectivity index (χ0n) is 10.2. The normalized spacial score (nSPS) is 17.4. The van der Waals surface area contributed by atoms with E-state index in [1.54, 1.807) is 24.5 Å². The number of nitrogens with zero attached hydrogens (tertiary/aromatic N) is 1. The molecule has 1 aromatic heterocycles. The first-order chi connectivity index (χ1) is 8.36. The van der Waals surface area contributed by atoms with E-state index in [1.807, 2.05) is 0 Å². The van der Waals surface area contributed by atoms with Gasteiger partial charge in [0.05, 0.1) is 5.56 Å². The Bertz CT molecular complexity index is 342. The molecule has 1 saturated carbocycles. The number of hydrogen-bond donors (Lipinski definition) is 1. The van der Waals surface area contributed by atoms with Gasteiger partial charge in [-0.25, -0.2) is 0 Å². The van der Waals surface area contributed by atoms with Crippen LogP contribution in [-0.2, 0) is 0 Å². The molecule has 0 aromatic carbocycles. The minimum atomic E-state index is 0.00217. The molecule has 0 aliphatic heterocycles. The zero-order valence-corrected chi connectivity index (χ0v) is 10.2. The summed E-state index contributed by atoms with van der Waals surface area (Å²) >= 11 is 0. The van der Waals surface area contributed by atoms with Crippen molar-refractivity contribution in [3.63, 3.8) is 0 Å². The van der Waals surface area contributed by atoms with Gasteiger partial charge in [-0.1, -0.05) is 25.7 Å². The number of carbonyl (C=O) groups excluding carboxylic acids is 1. The predicted octanol–water partition coefficient (Wildman–Crippen LogP) is 2.78. The summed E-state index contributed by atoms with van der Waals surface area (Å²) in [5, 5.41) is 3.02. The number of rotatable bonds is 3. The molecule has 3 nitrogen and oxygen atoms in total. The summed E-state index contributed by atoms with van der Waals surface area (Å²) in [4.78, 5) is 15.8. The highest BCUT2D eigenvalue weighted by atomic mass is 16.1. The molecule has 1 fully saturated rings. The Balaban J connectivity index is 1.79. The highest BCUT2D eigenvalue weighted by molar-refractivity contribution is 5.93. The van der Waals surface area contributed by atoms with Crippen LogP contribution in [0.1, 0.15) is 48.9 Å². The van der Waals surface area contributed by atoms with Crippen LogP contribution in [0.15, 0.2) is 24.5 Å². The second-order valence-corrected chi connectivity index (χ2v) is 4.81. The molecule has 1 aliphatic rings. The van der Waals surface area contributed by atoms with Crippen molar-refractivity contribution in [2.24, 2.45) is 5.92 Å². The number of aromatic nitrogens is 1. The zero-order chi connectivity index (χ0) is 11.9. The van der Waals surface area contributed by atoms with Gasteiger partial charge in [-0.15, -0.1) is 0 Å². The molecule has 0 bridgehead atoms. The maximum absolute atomic E-state index is 11.8. The Labute approximate surface area is 103 Å². The highest BCUT2D eigenvalue weighted by Gasteiger charge is 2.13. The summed E-state index contributed by atoms with van der Waals surface area (Å²) in [7, 11) is 0. The van der Waals surface area contributed by atoms with Gasteiger partial charge in [0.2, 0.25) is 0 Å². The van der Waals surface area contributed by atoms with Crippen LogP contribution in [0.2, 0.25) is 0 Å². The van der Waals surface area contributed by atoms with Gasteiger partial charge < -0.3 is 5.32 Å². The number of amides is 1. The quantitative estimate of drug-likeness (QED) is 0.814. The van der Waals surface area contributed by atoms with Gasteiger partial charge in [-0.05, 0) is 30.9 Å². The smallest absolute Gasteiger partial charge is 0.252 e. The monoisotopic (exact) mass is 232 g/mol. The predicted molar refractivity (Wildman–Crippen MR) is 67.8 cm³/mol. The summed E-state index contributed by atoms with van der Waals surface area (Å²) in [6.07, 6.45) is 11.1. The van der Waals surface area contributed by atoms with Crippen molar-refractivity contribution >= 4 is 5.91 Å². The van der Waals surface area contributed by atoms with Crippen LogP contribution in [0.5, 0.6) is 0 Å². The molecule has 0 unspecified atom stereocenters. The lowest BCUT2D eigenvalue weighted by molar-refractivity contribution is 0.0945. The maximum atomic E-state index is 11.8. The van der Waals surface area contributed by atoms with E-state index >= 15 is 0 Å². The lowest BCUT2D eigenvalue weighted by Crippen LogP contribution is -2.29. The molecule has 1 N–H and O–H groups in total. The minimum Gasteiger partial charge on any atom is -0.352 e. The van der Waals surface area contributed by atoms with Crippen LogP contribution in [0.25, 0.3) is 0 Å². The average Bonchev–Trinajstić information content (AvgIpc) is 2.65. The van der Waals surface area contributed by atoms with Gasteiger partial charge in [0.25, 0.3) is 5.91 Å². The van der Waals surface area contributed by atoms with E-state index in [9.17, 15) is 4.79 Å². The molecule has 0 radical (unpaired) electrons. The highest BCUT2D eigenvalue weighted by Crippen LogP contribution is 2.22. The summed E-state index contributed by atoms with van der Waals surface area (Å²) in [5.41, 5.74) is 0.654. The lowest BCUT2D eigenvalue weighted by Gasteiger charge is -2.14. The van der Waals surface area contributed by atoms with Crippen LogP contribution < -0.4 is 5.32 Å². The standard InChI is InChI=1S/C14H20N2O/c17-14(13-8-5-9-15-11-13)16-10-12-6-3-1-2-4-7-12/h5,8-9,11-12H,1-4,6-7,10H2,(H,16,17). The molecular weight excluding hydrogens is 212 g/mol. The van der Waals surface area contributed by atoms with Crippen molar-refractivity contribution in [2.45, 2.75) is 38.5 Å². The molecule has 1 heterocycles. The molecule has 3 heteroatoms. The molecule has 2 rings (SSSR count). The Morgan fingerprint density at radius 3 is 2.71 bits per heavy atom. The first-order valence-corrected chi connectivity index (χ1v) is 6.54. The topological polar surface area (TPSA) is 42.0 Å². The number of pyridine rings is 1. The van der Waals surface area contributed by atoms with Crippen molar-refractivity contribution in [1.82, 2.24) is 10.3 Å². The molecule has 1 aliphatic carbocycles. The van der Waals surface area contributed by atoms with Crippen molar-refractivity contribution in [3.05, 3.63) is 30.1 Å². The van der Waals surface area contributed by atoms with Gasteiger partial charge in [0.1, 0.15) is 0 Å². The molecular formula is C14H20N2O. The van der Waals surface area contributed by atoms with E-state index in [-0.39, 0.29) is 5.91 Å². The van der Waals surface area contributed by atoms with E-state index < -0.39 is 0 Å². The number of nitrogens with one attached hydrogen (secondary N) is 1. The molecule has 0 saturated heterocycles. The SMILES string of the molecule is O=C(NCC1CCCCCC1)c1cccnc1. The molecule has 0 spiro atoms. The van der Waals surface area contributed by atoms with E-state index in [0.29, 0.717) is 11.5 Å². The summed E-state index contributed by atoms with van der Waals surface area (Å²) in [6.45, 7) is 0.813. The van der Waals surface area contributed by atoms with Crippen LogP contribution in [0.4, 0.5) is 0 Å². The van der Waals surface area contributed by atoms with Crippen LogP contribution in [-0.4, -0.2) is 17.4 Å². The van der Waals surface area contributed by atoms with E-state index in [2.05, 4.69) is 10.3 Å². The van der Waals surface area contributed by atoms with E-state index in [4.69, 9.17) is 0 Å². The fourth-order valence-electron chi connectivity index (χ4n) is 2.40. The average molecular weight is 232 g/mol. The van der Waals surface area contributed by atoms with Crippen molar-refractivity contribution in [3.8, 4) is 0 Å². The summed E-state index contributed by atoms with van der Waals surface area (Å²) < 4.78 is 0. The first kappa shape index (κ1) is 12.1. The fourth-order valence-corrected chi connectivity index (χ4v) is 2.40.